The van der Waals surface area contributed by atoms with E-state index in [-0.39, 0.29) is 10.8 Å². The molecular formula is C25H36N4O4S. The van der Waals surface area contributed by atoms with Crippen LogP contribution in [0.15, 0.2) is 29.2 Å². The molecule has 0 N–H and O–H groups in total. The molecule has 0 saturated carbocycles. The maximum absolute atomic E-state index is 13.9. The van der Waals surface area contributed by atoms with E-state index in [1.165, 1.54) is 4.31 Å². The van der Waals surface area contributed by atoms with Crippen molar-refractivity contribution in [2.45, 2.75) is 44.4 Å². The SMILES string of the molecule is COc1ccccc1N1CCN(S(=O)(=O)c2c(C(=O)N3CCCCCC3)c(C)n(C)c2C)CC1. The van der Waals surface area contributed by atoms with Crippen LogP contribution in [0.2, 0.25) is 0 Å². The summed E-state index contributed by atoms with van der Waals surface area (Å²) in [6, 6.07) is 7.78. The largest absolute Gasteiger partial charge is 0.495 e. The van der Waals surface area contributed by atoms with Gasteiger partial charge in [-0.25, -0.2) is 8.42 Å². The zero-order valence-electron chi connectivity index (χ0n) is 20.7. The molecule has 3 heterocycles. The molecule has 2 aliphatic rings. The summed E-state index contributed by atoms with van der Waals surface area (Å²) in [7, 11) is -0.354. The fraction of sp³-hybridized carbons (Fsp3) is 0.560. The molecule has 2 fully saturated rings. The van der Waals surface area contributed by atoms with Crippen LogP contribution in [0, 0.1) is 13.8 Å². The van der Waals surface area contributed by atoms with Crippen molar-refractivity contribution in [1.82, 2.24) is 13.8 Å². The van der Waals surface area contributed by atoms with E-state index in [1.54, 1.807) is 14.0 Å². The molecule has 1 aromatic carbocycles. The Morgan fingerprint density at radius 1 is 0.882 bits per heavy atom. The third-order valence-corrected chi connectivity index (χ3v) is 9.35. The third kappa shape index (κ3) is 4.43. The number of methoxy groups -OCH3 is 1. The minimum Gasteiger partial charge on any atom is -0.495 e. The van der Waals surface area contributed by atoms with E-state index in [0.29, 0.717) is 56.2 Å². The molecule has 0 spiro atoms. The van der Waals surface area contributed by atoms with Gasteiger partial charge < -0.3 is 19.1 Å². The predicted molar refractivity (Wildman–Crippen MR) is 133 cm³/mol. The van der Waals surface area contributed by atoms with Gasteiger partial charge >= 0.3 is 0 Å². The van der Waals surface area contributed by atoms with Gasteiger partial charge in [-0.2, -0.15) is 4.31 Å². The molecule has 34 heavy (non-hydrogen) atoms. The number of carbonyl (C=O) groups excluding carboxylic acids is 1. The summed E-state index contributed by atoms with van der Waals surface area (Å²) in [6.07, 6.45) is 4.14. The molecule has 9 heteroatoms. The Kier molecular flexibility index (Phi) is 7.23. The second kappa shape index (κ2) is 10.00. The number of sulfonamides is 1. The van der Waals surface area contributed by atoms with Gasteiger partial charge in [0, 0.05) is 57.7 Å². The van der Waals surface area contributed by atoms with E-state index in [4.69, 9.17) is 4.74 Å². The first-order valence-electron chi connectivity index (χ1n) is 12.1. The molecule has 8 nitrogen and oxygen atoms in total. The Balaban J connectivity index is 1.62. The fourth-order valence-electron chi connectivity index (χ4n) is 5.11. The number of para-hydroxylation sites is 2. The second-order valence-electron chi connectivity index (χ2n) is 9.20. The Bertz CT molecular complexity index is 1140. The van der Waals surface area contributed by atoms with Crippen LogP contribution in [-0.4, -0.2) is 74.5 Å². The lowest BCUT2D eigenvalue weighted by molar-refractivity contribution is 0.0757. The van der Waals surface area contributed by atoms with E-state index in [9.17, 15) is 13.2 Å². The van der Waals surface area contributed by atoms with Crippen molar-refractivity contribution in [2.75, 3.05) is 51.3 Å². The van der Waals surface area contributed by atoms with Crippen LogP contribution in [-0.2, 0) is 17.1 Å². The van der Waals surface area contributed by atoms with Crippen molar-refractivity contribution in [3.8, 4) is 5.75 Å². The van der Waals surface area contributed by atoms with Gasteiger partial charge in [0.25, 0.3) is 5.91 Å². The number of carbonyl (C=O) groups is 1. The van der Waals surface area contributed by atoms with E-state index in [1.807, 2.05) is 47.7 Å². The molecule has 2 aromatic rings. The summed E-state index contributed by atoms with van der Waals surface area (Å²) in [4.78, 5) is 17.8. The number of hydrogen-bond donors (Lipinski definition) is 0. The number of rotatable bonds is 5. The summed E-state index contributed by atoms with van der Waals surface area (Å²) in [5.41, 5.74) is 2.63. The zero-order valence-corrected chi connectivity index (χ0v) is 21.5. The molecule has 0 aliphatic carbocycles. The molecule has 0 bridgehead atoms. The highest BCUT2D eigenvalue weighted by molar-refractivity contribution is 7.89. The minimum atomic E-state index is -3.83. The number of hydrogen-bond acceptors (Lipinski definition) is 5. The lowest BCUT2D eigenvalue weighted by Crippen LogP contribution is -2.49. The first-order valence-corrected chi connectivity index (χ1v) is 13.5. The first-order chi connectivity index (χ1) is 16.3. The maximum Gasteiger partial charge on any atom is 0.257 e. The molecule has 2 saturated heterocycles. The molecule has 186 valence electrons. The number of likely N-dealkylation sites (tertiary alicyclic amines) is 1. The molecule has 1 amide bonds. The molecule has 0 radical (unpaired) electrons. The normalized spacial score (nSPS) is 18.1. The highest BCUT2D eigenvalue weighted by atomic mass is 32.2. The van der Waals surface area contributed by atoms with E-state index < -0.39 is 10.0 Å². The van der Waals surface area contributed by atoms with Crippen molar-refractivity contribution in [3.63, 3.8) is 0 Å². The number of amides is 1. The number of nitrogens with zero attached hydrogens (tertiary/aromatic N) is 4. The Labute approximate surface area is 203 Å². The van der Waals surface area contributed by atoms with Gasteiger partial charge in [-0.1, -0.05) is 25.0 Å². The monoisotopic (exact) mass is 488 g/mol. The fourth-order valence-corrected chi connectivity index (χ4v) is 7.01. The summed E-state index contributed by atoms with van der Waals surface area (Å²) >= 11 is 0. The third-order valence-electron chi connectivity index (χ3n) is 7.29. The molecule has 0 atom stereocenters. The average Bonchev–Trinajstić information content (AvgIpc) is 3.03. The van der Waals surface area contributed by atoms with Crippen molar-refractivity contribution in [3.05, 3.63) is 41.2 Å². The summed E-state index contributed by atoms with van der Waals surface area (Å²) in [6.45, 7) is 6.82. The average molecular weight is 489 g/mol. The smallest absolute Gasteiger partial charge is 0.257 e. The molecular weight excluding hydrogens is 452 g/mol. The lowest BCUT2D eigenvalue weighted by Gasteiger charge is -2.36. The van der Waals surface area contributed by atoms with Gasteiger partial charge in [0.05, 0.1) is 18.4 Å². The quantitative estimate of drug-likeness (QED) is 0.646. The van der Waals surface area contributed by atoms with Crippen molar-refractivity contribution >= 4 is 21.6 Å². The van der Waals surface area contributed by atoms with Crippen LogP contribution in [0.5, 0.6) is 5.75 Å². The maximum atomic E-state index is 13.9. The topological polar surface area (TPSA) is 75.1 Å². The standard InChI is InChI=1S/C25H36N4O4S/c1-19-23(25(30)28-13-9-5-6-10-14-28)24(20(2)26(19)3)34(31,32)29-17-15-27(16-18-29)21-11-7-8-12-22(21)33-4/h7-8,11-12H,5-6,9-10,13-18H2,1-4H3. The summed E-state index contributed by atoms with van der Waals surface area (Å²) in [5, 5.41) is 0. The van der Waals surface area contributed by atoms with Crippen LogP contribution < -0.4 is 9.64 Å². The van der Waals surface area contributed by atoms with Gasteiger partial charge in [-0.15, -0.1) is 0 Å². The van der Waals surface area contributed by atoms with Gasteiger partial charge in [0.2, 0.25) is 10.0 Å². The van der Waals surface area contributed by atoms with Crippen LogP contribution in [0.1, 0.15) is 47.4 Å². The Hall–Kier alpha value is -2.52. The van der Waals surface area contributed by atoms with Crippen LogP contribution in [0.4, 0.5) is 5.69 Å². The lowest BCUT2D eigenvalue weighted by atomic mass is 10.2. The van der Waals surface area contributed by atoms with Gasteiger partial charge in [0.15, 0.2) is 0 Å². The predicted octanol–water partition coefficient (Wildman–Crippen LogP) is 3.18. The van der Waals surface area contributed by atoms with Crippen LogP contribution in [0.3, 0.4) is 0 Å². The van der Waals surface area contributed by atoms with Gasteiger partial charge in [-0.05, 0) is 38.8 Å². The van der Waals surface area contributed by atoms with Crippen molar-refractivity contribution in [1.29, 1.82) is 0 Å². The van der Waals surface area contributed by atoms with Gasteiger partial charge in [0.1, 0.15) is 10.6 Å². The van der Waals surface area contributed by atoms with E-state index in [0.717, 1.165) is 37.1 Å². The Morgan fingerprint density at radius 3 is 2.12 bits per heavy atom. The zero-order chi connectivity index (χ0) is 24.5. The number of piperazine rings is 1. The van der Waals surface area contributed by atoms with Crippen LogP contribution >= 0.6 is 0 Å². The molecule has 4 rings (SSSR count). The highest BCUT2D eigenvalue weighted by Gasteiger charge is 2.37. The van der Waals surface area contributed by atoms with Crippen molar-refractivity contribution in [2.24, 2.45) is 7.05 Å². The number of benzene rings is 1. The van der Waals surface area contributed by atoms with Crippen LogP contribution in [0.25, 0.3) is 0 Å². The minimum absolute atomic E-state index is 0.158. The summed E-state index contributed by atoms with van der Waals surface area (Å²) < 4.78 is 36.7. The van der Waals surface area contributed by atoms with Crippen molar-refractivity contribution < 1.29 is 17.9 Å². The van der Waals surface area contributed by atoms with E-state index in [2.05, 4.69) is 4.90 Å². The van der Waals surface area contributed by atoms with Gasteiger partial charge in [-0.3, -0.25) is 4.79 Å². The van der Waals surface area contributed by atoms with E-state index >= 15 is 0 Å². The second-order valence-corrected chi connectivity index (χ2v) is 11.1. The number of aromatic nitrogens is 1. The Morgan fingerprint density at radius 2 is 1.50 bits per heavy atom. The molecule has 2 aliphatic heterocycles. The number of ether oxygens (including phenoxy) is 1. The number of anilines is 1. The molecule has 0 unspecified atom stereocenters. The summed E-state index contributed by atoms with van der Waals surface area (Å²) in [5.74, 6) is 0.619. The highest BCUT2D eigenvalue weighted by Crippen LogP contribution is 2.33. The molecule has 1 aromatic heterocycles. The first kappa shape index (κ1) is 24.6.